The van der Waals surface area contributed by atoms with E-state index in [1.165, 1.54) is 23.5 Å². The molecule has 0 saturated carbocycles. The van der Waals surface area contributed by atoms with Gasteiger partial charge in [-0.2, -0.15) is 0 Å². The molecule has 0 heterocycles. The molecule has 2 rings (SSSR count). The lowest BCUT2D eigenvalue weighted by Crippen LogP contribution is -2.29. The smallest absolute Gasteiger partial charge is 0.264 e. The molecule has 0 aliphatic rings. The van der Waals surface area contributed by atoms with Gasteiger partial charge >= 0.3 is 0 Å². The molecule has 2 aromatic carbocycles. The number of carbonyl (C=O) groups is 1. The van der Waals surface area contributed by atoms with Crippen molar-refractivity contribution >= 4 is 34.0 Å². The van der Waals surface area contributed by atoms with Crippen LogP contribution in [0.3, 0.4) is 0 Å². The zero-order valence-electron chi connectivity index (χ0n) is 14.8. The number of hydrogen-bond donors (Lipinski definition) is 2. The van der Waals surface area contributed by atoms with Gasteiger partial charge in [-0.25, -0.2) is 8.42 Å². The molecule has 0 saturated heterocycles. The van der Waals surface area contributed by atoms with Crippen molar-refractivity contribution in [2.45, 2.75) is 24.3 Å². The summed E-state index contributed by atoms with van der Waals surface area (Å²) in [5.41, 5.74) is 6.50. The number of nitrogens with one attached hydrogen (secondary N) is 1. The highest BCUT2D eigenvalue weighted by Crippen LogP contribution is 2.22. The average Bonchev–Trinajstić information content (AvgIpc) is 2.61. The summed E-state index contributed by atoms with van der Waals surface area (Å²) in [6.45, 7) is 2.30. The number of benzene rings is 2. The normalized spacial score (nSPS) is 12.0. The molecule has 0 bridgehead atoms. The van der Waals surface area contributed by atoms with Crippen molar-refractivity contribution in [1.82, 2.24) is 5.32 Å². The minimum atomic E-state index is -3.75. The van der Waals surface area contributed by atoms with Crippen LogP contribution in [0.5, 0.6) is 0 Å². The molecular weight excluding hydrogens is 374 g/mol. The first kappa shape index (κ1) is 22.0. The number of para-hydroxylation sites is 1. The van der Waals surface area contributed by atoms with E-state index in [-0.39, 0.29) is 29.3 Å². The molecule has 3 N–H and O–H groups in total. The van der Waals surface area contributed by atoms with Gasteiger partial charge in [0.2, 0.25) is 0 Å². The number of hydrogen-bond acceptors (Lipinski definition) is 4. The van der Waals surface area contributed by atoms with Crippen molar-refractivity contribution in [3.05, 3.63) is 60.2 Å². The molecule has 26 heavy (non-hydrogen) atoms. The Labute approximate surface area is 160 Å². The Bertz CT molecular complexity index is 827. The summed E-state index contributed by atoms with van der Waals surface area (Å²) in [5.74, 6) is -0.319. The Morgan fingerprint density at radius 3 is 2.42 bits per heavy atom. The first-order valence-electron chi connectivity index (χ1n) is 8.00. The summed E-state index contributed by atoms with van der Waals surface area (Å²) in [6, 6.07) is 14.8. The standard InChI is InChI=1S/C18H23N3O3S.ClH/c1-14(19)11-12-20-18(22)15-7-6-10-17(13-15)25(23,24)21(2)16-8-4-3-5-9-16;/h3-10,13-14H,11-12,19H2,1-2H3,(H,20,22);1H. The van der Waals surface area contributed by atoms with Crippen LogP contribution in [0, 0.1) is 0 Å². The van der Waals surface area contributed by atoms with Crippen LogP contribution in [0.4, 0.5) is 5.69 Å². The van der Waals surface area contributed by atoms with Crippen LogP contribution in [0.25, 0.3) is 0 Å². The number of anilines is 1. The quantitative estimate of drug-likeness (QED) is 0.750. The van der Waals surface area contributed by atoms with Gasteiger partial charge in [0.15, 0.2) is 0 Å². The number of halogens is 1. The molecule has 8 heteroatoms. The zero-order valence-corrected chi connectivity index (χ0v) is 16.4. The van der Waals surface area contributed by atoms with Crippen LogP contribution in [0.15, 0.2) is 59.5 Å². The van der Waals surface area contributed by atoms with E-state index in [4.69, 9.17) is 5.73 Å². The van der Waals surface area contributed by atoms with Crippen LogP contribution < -0.4 is 15.4 Å². The molecule has 0 spiro atoms. The summed E-state index contributed by atoms with van der Waals surface area (Å²) < 4.78 is 26.8. The number of sulfonamides is 1. The van der Waals surface area contributed by atoms with Crippen LogP contribution in [0.2, 0.25) is 0 Å². The molecule has 6 nitrogen and oxygen atoms in total. The number of nitrogens with two attached hydrogens (primary N) is 1. The van der Waals surface area contributed by atoms with Crippen molar-refractivity contribution in [1.29, 1.82) is 0 Å². The van der Waals surface area contributed by atoms with E-state index in [0.29, 0.717) is 24.2 Å². The third kappa shape index (κ3) is 5.45. The van der Waals surface area contributed by atoms with E-state index in [2.05, 4.69) is 5.32 Å². The number of nitrogens with zero attached hydrogens (tertiary/aromatic N) is 1. The molecule has 0 radical (unpaired) electrons. The lowest BCUT2D eigenvalue weighted by Gasteiger charge is -2.19. The predicted octanol–water partition coefficient (Wildman–Crippen LogP) is 2.40. The Balaban J connectivity index is 0.00000338. The van der Waals surface area contributed by atoms with Crippen molar-refractivity contribution < 1.29 is 13.2 Å². The van der Waals surface area contributed by atoms with Crippen molar-refractivity contribution in [2.75, 3.05) is 17.9 Å². The van der Waals surface area contributed by atoms with E-state index in [9.17, 15) is 13.2 Å². The second-order valence-electron chi connectivity index (χ2n) is 5.86. The van der Waals surface area contributed by atoms with E-state index >= 15 is 0 Å². The second-order valence-corrected chi connectivity index (χ2v) is 7.83. The molecule has 1 unspecified atom stereocenters. The molecule has 0 aliphatic carbocycles. The Morgan fingerprint density at radius 2 is 1.81 bits per heavy atom. The van der Waals surface area contributed by atoms with Crippen LogP contribution in [-0.2, 0) is 10.0 Å². The Morgan fingerprint density at radius 1 is 1.15 bits per heavy atom. The van der Waals surface area contributed by atoms with Gasteiger partial charge in [0, 0.05) is 25.2 Å². The minimum Gasteiger partial charge on any atom is -0.352 e. The number of rotatable bonds is 7. The van der Waals surface area contributed by atoms with E-state index in [1.807, 2.05) is 13.0 Å². The fourth-order valence-corrected chi connectivity index (χ4v) is 3.49. The van der Waals surface area contributed by atoms with Gasteiger partial charge in [-0.1, -0.05) is 24.3 Å². The van der Waals surface area contributed by atoms with E-state index < -0.39 is 10.0 Å². The highest BCUT2D eigenvalue weighted by molar-refractivity contribution is 7.92. The monoisotopic (exact) mass is 397 g/mol. The second kappa shape index (κ2) is 9.56. The third-order valence-electron chi connectivity index (χ3n) is 3.76. The lowest BCUT2D eigenvalue weighted by atomic mass is 10.2. The van der Waals surface area contributed by atoms with Gasteiger partial charge in [0.25, 0.3) is 15.9 Å². The largest absolute Gasteiger partial charge is 0.352 e. The van der Waals surface area contributed by atoms with Crippen LogP contribution in [0.1, 0.15) is 23.7 Å². The molecule has 142 valence electrons. The molecular formula is C18H24ClN3O3S. The maximum absolute atomic E-state index is 12.8. The van der Waals surface area contributed by atoms with Gasteiger partial charge in [-0.05, 0) is 43.7 Å². The van der Waals surface area contributed by atoms with E-state index in [1.54, 1.807) is 36.4 Å². The molecule has 2 aromatic rings. The van der Waals surface area contributed by atoms with Crippen LogP contribution in [-0.4, -0.2) is 34.0 Å². The molecule has 0 fully saturated rings. The first-order valence-corrected chi connectivity index (χ1v) is 9.44. The average molecular weight is 398 g/mol. The molecule has 1 atom stereocenters. The summed E-state index contributed by atoms with van der Waals surface area (Å²) >= 11 is 0. The van der Waals surface area contributed by atoms with Gasteiger partial charge in [0.05, 0.1) is 10.6 Å². The fraction of sp³-hybridized carbons (Fsp3) is 0.278. The predicted molar refractivity (Wildman–Crippen MR) is 106 cm³/mol. The highest BCUT2D eigenvalue weighted by atomic mass is 35.5. The molecule has 1 amide bonds. The summed E-state index contributed by atoms with van der Waals surface area (Å²) in [5, 5.41) is 2.74. The fourth-order valence-electron chi connectivity index (χ4n) is 2.25. The van der Waals surface area contributed by atoms with Gasteiger partial charge in [-0.3, -0.25) is 9.10 Å². The van der Waals surface area contributed by atoms with E-state index in [0.717, 1.165) is 0 Å². The lowest BCUT2D eigenvalue weighted by molar-refractivity contribution is 0.0952. The van der Waals surface area contributed by atoms with Crippen LogP contribution >= 0.6 is 12.4 Å². The SMILES string of the molecule is CC(N)CCNC(=O)c1cccc(S(=O)(=O)N(C)c2ccccc2)c1.Cl. The first-order chi connectivity index (χ1) is 11.8. The zero-order chi connectivity index (χ0) is 18.4. The summed E-state index contributed by atoms with van der Waals surface area (Å²) in [6.07, 6.45) is 0.653. The number of amides is 1. The Hall–Kier alpha value is -2.09. The molecule has 0 aromatic heterocycles. The van der Waals surface area contributed by atoms with Crippen molar-refractivity contribution in [2.24, 2.45) is 5.73 Å². The number of carbonyl (C=O) groups excluding carboxylic acids is 1. The van der Waals surface area contributed by atoms with Gasteiger partial charge in [0.1, 0.15) is 0 Å². The summed E-state index contributed by atoms with van der Waals surface area (Å²) in [7, 11) is -2.26. The molecule has 0 aliphatic heterocycles. The third-order valence-corrected chi connectivity index (χ3v) is 5.54. The summed E-state index contributed by atoms with van der Waals surface area (Å²) in [4.78, 5) is 12.3. The Kier molecular flexibility index (Phi) is 8.08. The minimum absolute atomic E-state index is 0. The van der Waals surface area contributed by atoms with Crippen molar-refractivity contribution in [3.63, 3.8) is 0 Å². The maximum Gasteiger partial charge on any atom is 0.264 e. The maximum atomic E-state index is 12.8. The highest BCUT2D eigenvalue weighted by Gasteiger charge is 2.22. The van der Waals surface area contributed by atoms with Gasteiger partial charge < -0.3 is 11.1 Å². The van der Waals surface area contributed by atoms with Crippen molar-refractivity contribution in [3.8, 4) is 0 Å². The topological polar surface area (TPSA) is 92.5 Å². The van der Waals surface area contributed by atoms with Gasteiger partial charge in [-0.15, -0.1) is 12.4 Å².